The SMILES string of the molecule is COc1cc(/C=C(\C#N)C(N)=O)ccc1OC(=O)CCc1ccc(C(C)(C)C)cc1. The average molecular weight is 406 g/mol. The van der Waals surface area contributed by atoms with Gasteiger partial charge in [-0.1, -0.05) is 51.1 Å². The zero-order valence-electron chi connectivity index (χ0n) is 17.7. The molecule has 156 valence electrons. The second-order valence-corrected chi connectivity index (χ2v) is 7.87. The van der Waals surface area contributed by atoms with E-state index in [0.29, 0.717) is 17.7 Å². The monoisotopic (exact) mass is 406 g/mol. The molecule has 0 aliphatic heterocycles. The molecule has 1 amide bonds. The number of ether oxygens (including phenoxy) is 2. The van der Waals surface area contributed by atoms with Crippen molar-refractivity contribution in [3.8, 4) is 17.6 Å². The van der Waals surface area contributed by atoms with Crippen LogP contribution in [0.5, 0.6) is 11.5 Å². The number of methoxy groups -OCH3 is 1. The van der Waals surface area contributed by atoms with E-state index in [1.165, 1.54) is 18.7 Å². The van der Waals surface area contributed by atoms with E-state index in [4.69, 9.17) is 20.5 Å². The lowest BCUT2D eigenvalue weighted by molar-refractivity contribution is -0.134. The van der Waals surface area contributed by atoms with Gasteiger partial charge >= 0.3 is 5.97 Å². The minimum atomic E-state index is -0.817. The van der Waals surface area contributed by atoms with Gasteiger partial charge in [-0.05, 0) is 46.7 Å². The van der Waals surface area contributed by atoms with Crippen LogP contribution in [-0.2, 0) is 21.4 Å². The molecular formula is C24H26N2O4. The van der Waals surface area contributed by atoms with Gasteiger partial charge in [-0.25, -0.2) is 0 Å². The number of carbonyl (C=O) groups excluding carboxylic acids is 2. The molecule has 2 aromatic carbocycles. The number of aryl methyl sites for hydroxylation is 1. The summed E-state index contributed by atoms with van der Waals surface area (Å²) in [5.74, 6) is -0.623. The van der Waals surface area contributed by atoms with E-state index in [1.807, 2.05) is 12.1 Å². The predicted molar refractivity (Wildman–Crippen MR) is 115 cm³/mol. The number of rotatable bonds is 7. The van der Waals surface area contributed by atoms with Crippen molar-refractivity contribution in [2.45, 2.75) is 39.0 Å². The number of primary amides is 1. The van der Waals surface area contributed by atoms with Crippen molar-refractivity contribution in [1.29, 1.82) is 5.26 Å². The van der Waals surface area contributed by atoms with Crippen LogP contribution < -0.4 is 15.2 Å². The Morgan fingerprint density at radius 3 is 2.30 bits per heavy atom. The molecule has 0 atom stereocenters. The topological polar surface area (TPSA) is 102 Å². The number of esters is 1. The average Bonchev–Trinajstić information content (AvgIpc) is 2.70. The van der Waals surface area contributed by atoms with Crippen LogP contribution in [-0.4, -0.2) is 19.0 Å². The predicted octanol–water partition coefficient (Wildman–Crippen LogP) is 3.92. The minimum Gasteiger partial charge on any atom is -0.493 e. The molecule has 0 spiro atoms. The van der Waals surface area contributed by atoms with Gasteiger partial charge in [0.1, 0.15) is 11.6 Å². The van der Waals surface area contributed by atoms with Gasteiger partial charge in [-0.3, -0.25) is 9.59 Å². The second kappa shape index (κ2) is 9.75. The molecule has 30 heavy (non-hydrogen) atoms. The van der Waals surface area contributed by atoms with Crippen LogP contribution in [0.25, 0.3) is 6.08 Å². The van der Waals surface area contributed by atoms with Crippen LogP contribution in [0.15, 0.2) is 48.0 Å². The lowest BCUT2D eigenvalue weighted by Crippen LogP contribution is -2.12. The molecule has 0 saturated carbocycles. The van der Waals surface area contributed by atoms with Gasteiger partial charge in [-0.2, -0.15) is 5.26 Å². The maximum absolute atomic E-state index is 12.3. The van der Waals surface area contributed by atoms with Crippen LogP contribution in [0.3, 0.4) is 0 Å². The van der Waals surface area contributed by atoms with Gasteiger partial charge in [0.2, 0.25) is 0 Å². The Bertz CT molecular complexity index is 993. The van der Waals surface area contributed by atoms with Crippen molar-refractivity contribution in [1.82, 2.24) is 0 Å². The normalized spacial score (nSPS) is 11.5. The smallest absolute Gasteiger partial charge is 0.311 e. The number of nitrogens with zero attached hydrogens (tertiary/aromatic N) is 1. The first-order valence-corrected chi connectivity index (χ1v) is 9.54. The lowest BCUT2D eigenvalue weighted by atomic mass is 9.86. The van der Waals surface area contributed by atoms with Gasteiger partial charge in [0, 0.05) is 6.42 Å². The maximum atomic E-state index is 12.3. The molecule has 6 nitrogen and oxygen atoms in total. The zero-order valence-corrected chi connectivity index (χ0v) is 17.7. The largest absolute Gasteiger partial charge is 0.493 e. The Labute approximate surface area is 176 Å². The highest BCUT2D eigenvalue weighted by Gasteiger charge is 2.14. The summed E-state index contributed by atoms with van der Waals surface area (Å²) in [7, 11) is 1.44. The Morgan fingerprint density at radius 2 is 1.77 bits per heavy atom. The highest BCUT2D eigenvalue weighted by Crippen LogP contribution is 2.29. The van der Waals surface area contributed by atoms with E-state index in [-0.39, 0.29) is 29.1 Å². The fourth-order valence-electron chi connectivity index (χ4n) is 2.77. The number of nitrogens with two attached hydrogens (primary N) is 1. The fraction of sp³-hybridized carbons (Fsp3) is 0.292. The zero-order chi connectivity index (χ0) is 22.3. The molecule has 2 aromatic rings. The maximum Gasteiger partial charge on any atom is 0.311 e. The molecule has 0 aromatic heterocycles. The van der Waals surface area contributed by atoms with Crippen LogP contribution in [0, 0.1) is 11.3 Å². The van der Waals surface area contributed by atoms with Gasteiger partial charge in [0.15, 0.2) is 11.5 Å². The number of benzene rings is 2. The van der Waals surface area contributed by atoms with Crippen LogP contribution >= 0.6 is 0 Å². The van der Waals surface area contributed by atoms with Crippen LogP contribution in [0.4, 0.5) is 0 Å². The minimum absolute atomic E-state index is 0.0841. The van der Waals surface area contributed by atoms with Crippen molar-refractivity contribution in [3.63, 3.8) is 0 Å². The molecule has 2 N–H and O–H groups in total. The summed E-state index contributed by atoms with van der Waals surface area (Å²) in [4.78, 5) is 23.5. The third kappa shape index (κ3) is 6.21. The van der Waals surface area contributed by atoms with Crippen molar-refractivity contribution >= 4 is 18.0 Å². The number of amides is 1. The quantitative estimate of drug-likeness (QED) is 0.325. The standard InChI is InChI=1S/C24H26N2O4/c1-24(2,3)19-9-5-16(6-10-19)8-12-22(27)30-20-11-7-17(14-21(20)29-4)13-18(15-25)23(26)28/h5-7,9-11,13-14H,8,12H2,1-4H3,(H2,26,28)/b18-13+. The summed E-state index contributed by atoms with van der Waals surface area (Å²) in [6.07, 6.45) is 2.13. The molecule has 0 aliphatic carbocycles. The summed E-state index contributed by atoms with van der Waals surface area (Å²) in [6.45, 7) is 6.47. The van der Waals surface area contributed by atoms with E-state index in [1.54, 1.807) is 24.3 Å². The van der Waals surface area contributed by atoms with Crippen LogP contribution in [0.1, 0.15) is 43.9 Å². The van der Waals surface area contributed by atoms with Crippen molar-refractivity contribution in [2.75, 3.05) is 7.11 Å². The first-order chi connectivity index (χ1) is 14.1. The Kier molecular flexibility index (Phi) is 7.38. The first kappa shape index (κ1) is 22.7. The summed E-state index contributed by atoms with van der Waals surface area (Å²) < 4.78 is 10.7. The van der Waals surface area contributed by atoms with Gasteiger partial charge in [0.25, 0.3) is 5.91 Å². The molecule has 0 fully saturated rings. The van der Waals surface area contributed by atoms with Crippen LogP contribution in [0.2, 0.25) is 0 Å². The summed E-state index contributed by atoms with van der Waals surface area (Å²) in [5.41, 5.74) is 7.87. The molecule has 0 aliphatic rings. The van der Waals surface area contributed by atoms with Crippen molar-refractivity contribution in [2.24, 2.45) is 5.73 Å². The lowest BCUT2D eigenvalue weighted by Gasteiger charge is -2.19. The van der Waals surface area contributed by atoms with Gasteiger partial charge < -0.3 is 15.2 Å². The Hall–Kier alpha value is -3.59. The summed E-state index contributed by atoms with van der Waals surface area (Å²) in [5, 5.41) is 8.95. The molecule has 2 rings (SSSR count). The molecule has 0 bridgehead atoms. The molecule has 0 heterocycles. The summed E-state index contributed by atoms with van der Waals surface area (Å²) in [6, 6.07) is 14.7. The van der Waals surface area contributed by atoms with Gasteiger partial charge in [-0.15, -0.1) is 0 Å². The number of hydrogen-bond acceptors (Lipinski definition) is 5. The highest BCUT2D eigenvalue weighted by molar-refractivity contribution is 6.00. The third-order valence-electron chi connectivity index (χ3n) is 4.55. The molecule has 6 heteroatoms. The third-order valence-corrected chi connectivity index (χ3v) is 4.55. The van der Waals surface area contributed by atoms with Crippen molar-refractivity contribution < 1.29 is 19.1 Å². The summed E-state index contributed by atoms with van der Waals surface area (Å²) >= 11 is 0. The fourth-order valence-corrected chi connectivity index (χ4v) is 2.77. The van der Waals surface area contributed by atoms with E-state index < -0.39 is 5.91 Å². The molecular weight excluding hydrogens is 380 g/mol. The van der Waals surface area contributed by atoms with E-state index in [2.05, 4.69) is 32.9 Å². The number of hydrogen-bond donors (Lipinski definition) is 1. The molecule has 0 saturated heterocycles. The van der Waals surface area contributed by atoms with E-state index in [9.17, 15) is 9.59 Å². The number of carbonyl (C=O) groups is 2. The molecule has 0 unspecified atom stereocenters. The Balaban J connectivity index is 2.04. The van der Waals surface area contributed by atoms with Gasteiger partial charge in [0.05, 0.1) is 7.11 Å². The van der Waals surface area contributed by atoms with E-state index in [0.717, 1.165) is 5.56 Å². The van der Waals surface area contributed by atoms with Crippen molar-refractivity contribution in [3.05, 3.63) is 64.7 Å². The number of nitriles is 1. The van der Waals surface area contributed by atoms with E-state index >= 15 is 0 Å². The highest BCUT2D eigenvalue weighted by atomic mass is 16.6. The first-order valence-electron chi connectivity index (χ1n) is 9.54. The molecule has 0 radical (unpaired) electrons. The second-order valence-electron chi connectivity index (χ2n) is 7.87. The Morgan fingerprint density at radius 1 is 1.10 bits per heavy atom.